The number of nitrogens with zero attached hydrogens (tertiary/aromatic N) is 5. The molecule has 9 nitrogen and oxygen atoms in total. The lowest BCUT2D eigenvalue weighted by Gasteiger charge is -2.10. The minimum atomic E-state index is -0.185. The Balaban J connectivity index is 1.48. The van der Waals surface area contributed by atoms with Crippen LogP contribution >= 0.6 is 11.8 Å². The van der Waals surface area contributed by atoms with Crippen molar-refractivity contribution in [3.8, 4) is 17.2 Å². The number of hydrogen-bond acceptors (Lipinski definition) is 8. The van der Waals surface area contributed by atoms with Crippen molar-refractivity contribution < 1.29 is 14.3 Å². The lowest BCUT2D eigenvalue weighted by atomic mass is 10.2. The van der Waals surface area contributed by atoms with Crippen LogP contribution in [0.5, 0.6) is 11.5 Å². The summed E-state index contributed by atoms with van der Waals surface area (Å²) in [6.45, 7) is 2.02. The van der Waals surface area contributed by atoms with E-state index in [-0.39, 0.29) is 11.7 Å². The van der Waals surface area contributed by atoms with E-state index in [4.69, 9.17) is 9.47 Å². The van der Waals surface area contributed by atoms with Crippen LogP contribution < -0.4 is 14.8 Å². The second-order valence-electron chi connectivity index (χ2n) is 6.59. The van der Waals surface area contributed by atoms with Crippen LogP contribution in [0.4, 0.5) is 5.69 Å². The molecule has 0 aliphatic rings. The van der Waals surface area contributed by atoms with Crippen LogP contribution in [0.1, 0.15) is 5.56 Å². The number of methoxy groups -OCH3 is 2. The number of carbonyl (C=O) groups excluding carboxylic acids is 1. The quantitative estimate of drug-likeness (QED) is 0.348. The van der Waals surface area contributed by atoms with Crippen molar-refractivity contribution in [1.29, 1.82) is 0 Å². The van der Waals surface area contributed by atoms with Crippen LogP contribution in [-0.2, 0) is 4.79 Å². The maximum Gasteiger partial charge on any atom is 0.234 e. The molecule has 0 aliphatic carbocycles. The first-order valence-corrected chi connectivity index (χ1v) is 10.4. The Hall–Kier alpha value is -3.66. The maximum absolute atomic E-state index is 12.4. The third kappa shape index (κ3) is 4.43. The monoisotopic (exact) mass is 436 g/mol. The molecular weight excluding hydrogens is 416 g/mol. The molecule has 0 saturated heterocycles. The predicted molar refractivity (Wildman–Crippen MR) is 118 cm³/mol. The highest BCUT2D eigenvalue weighted by Gasteiger charge is 2.15. The van der Waals surface area contributed by atoms with E-state index in [2.05, 4.69) is 25.6 Å². The highest BCUT2D eigenvalue weighted by Crippen LogP contribution is 2.30. The summed E-state index contributed by atoms with van der Waals surface area (Å²) in [5.74, 6) is 1.10. The van der Waals surface area contributed by atoms with Gasteiger partial charge in [-0.2, -0.15) is 4.68 Å². The van der Waals surface area contributed by atoms with E-state index in [1.807, 2.05) is 31.2 Å². The van der Waals surface area contributed by atoms with Crippen LogP contribution in [-0.4, -0.2) is 50.8 Å². The van der Waals surface area contributed by atoms with Gasteiger partial charge in [0, 0.05) is 11.8 Å². The molecule has 0 atom stereocenters. The number of benzene rings is 2. The highest BCUT2D eigenvalue weighted by molar-refractivity contribution is 8.00. The van der Waals surface area contributed by atoms with Gasteiger partial charge in [-0.1, -0.05) is 34.7 Å². The summed E-state index contributed by atoms with van der Waals surface area (Å²) in [7, 11) is 3.10. The lowest BCUT2D eigenvalue weighted by Crippen LogP contribution is -2.14. The third-order valence-corrected chi connectivity index (χ3v) is 5.47. The summed E-state index contributed by atoms with van der Waals surface area (Å²) >= 11 is 1.27. The molecule has 2 heterocycles. The van der Waals surface area contributed by atoms with E-state index in [9.17, 15) is 4.79 Å². The summed E-state index contributed by atoms with van der Waals surface area (Å²) in [5.41, 5.74) is 3.75. The van der Waals surface area contributed by atoms with Crippen LogP contribution in [0, 0.1) is 6.92 Å². The first-order valence-electron chi connectivity index (χ1n) is 9.37. The number of thioether (sulfide) groups is 1. The Morgan fingerprint density at radius 3 is 2.58 bits per heavy atom. The molecule has 2 aromatic carbocycles. The fourth-order valence-electron chi connectivity index (χ4n) is 2.94. The van der Waals surface area contributed by atoms with Gasteiger partial charge in [-0.15, -0.1) is 5.10 Å². The fourth-order valence-corrected chi connectivity index (χ4v) is 3.67. The number of rotatable bonds is 7. The van der Waals surface area contributed by atoms with Gasteiger partial charge in [0.05, 0.1) is 25.7 Å². The molecule has 0 saturated carbocycles. The molecule has 0 unspecified atom stereocenters. The fraction of sp³-hybridized carbons (Fsp3) is 0.190. The first-order chi connectivity index (χ1) is 15.1. The maximum atomic E-state index is 12.4. The molecule has 4 rings (SSSR count). The molecule has 4 aromatic rings. The Morgan fingerprint density at radius 1 is 1.06 bits per heavy atom. The molecule has 0 bridgehead atoms. The Kier molecular flexibility index (Phi) is 5.99. The van der Waals surface area contributed by atoms with Gasteiger partial charge in [-0.3, -0.25) is 4.79 Å². The molecule has 1 N–H and O–H groups in total. The zero-order valence-corrected chi connectivity index (χ0v) is 18.0. The van der Waals surface area contributed by atoms with Crippen LogP contribution in [0.25, 0.3) is 16.9 Å². The van der Waals surface area contributed by atoms with Gasteiger partial charge in [0.1, 0.15) is 11.4 Å². The van der Waals surface area contributed by atoms with E-state index in [0.29, 0.717) is 33.4 Å². The largest absolute Gasteiger partial charge is 0.493 e. The smallest absolute Gasteiger partial charge is 0.234 e. The van der Waals surface area contributed by atoms with Gasteiger partial charge in [0.25, 0.3) is 0 Å². The molecule has 31 heavy (non-hydrogen) atoms. The van der Waals surface area contributed by atoms with Crippen LogP contribution in [0.3, 0.4) is 0 Å². The van der Waals surface area contributed by atoms with Crippen molar-refractivity contribution in [1.82, 2.24) is 25.0 Å². The predicted octanol–water partition coefficient (Wildman–Crippen LogP) is 3.27. The Labute approximate surface area is 182 Å². The molecule has 1 amide bonds. The highest BCUT2D eigenvalue weighted by atomic mass is 32.2. The average Bonchev–Trinajstić information content (AvgIpc) is 3.23. The SMILES string of the molecule is COc1ccc(NC(=O)CSc2ncnc3c2nnn3-c2ccc(C)cc2)cc1OC. The zero-order chi connectivity index (χ0) is 21.8. The van der Waals surface area contributed by atoms with Crippen molar-refractivity contribution in [3.05, 3.63) is 54.4 Å². The number of fused-ring (bicyclic) bond motifs is 1. The molecule has 158 valence electrons. The lowest BCUT2D eigenvalue weighted by molar-refractivity contribution is -0.113. The standard InChI is InChI=1S/C21H20N6O3S/c1-13-4-7-15(8-5-13)27-20-19(25-26-27)21(23-12-22-20)31-11-18(28)24-14-6-9-16(29-2)17(10-14)30-3/h4-10,12H,11H2,1-3H3,(H,24,28). The second-order valence-corrected chi connectivity index (χ2v) is 7.56. The normalized spacial score (nSPS) is 10.8. The number of aryl methyl sites for hydroxylation is 1. The van der Waals surface area contributed by atoms with E-state index < -0.39 is 0 Å². The van der Waals surface area contributed by atoms with Gasteiger partial charge < -0.3 is 14.8 Å². The molecule has 0 spiro atoms. The van der Waals surface area contributed by atoms with Crippen molar-refractivity contribution in [3.63, 3.8) is 0 Å². The number of ether oxygens (including phenoxy) is 2. The molecule has 0 radical (unpaired) electrons. The van der Waals surface area contributed by atoms with Crippen molar-refractivity contribution >= 4 is 34.5 Å². The average molecular weight is 436 g/mol. The zero-order valence-electron chi connectivity index (χ0n) is 17.2. The summed E-state index contributed by atoms with van der Waals surface area (Å²) in [6.07, 6.45) is 1.45. The topological polar surface area (TPSA) is 104 Å². The molecule has 2 aromatic heterocycles. The number of anilines is 1. The second kappa shape index (κ2) is 9.00. The van der Waals surface area contributed by atoms with Crippen LogP contribution in [0.15, 0.2) is 53.8 Å². The number of nitrogens with one attached hydrogen (secondary N) is 1. The summed E-state index contributed by atoms with van der Waals surface area (Å²) in [5, 5.41) is 11.9. The number of hydrogen-bond donors (Lipinski definition) is 1. The minimum Gasteiger partial charge on any atom is -0.493 e. The Morgan fingerprint density at radius 2 is 1.84 bits per heavy atom. The van der Waals surface area contributed by atoms with Gasteiger partial charge in [-0.25, -0.2) is 9.97 Å². The van der Waals surface area contributed by atoms with Gasteiger partial charge in [-0.05, 0) is 31.2 Å². The number of carbonyl (C=O) groups is 1. The van der Waals surface area contributed by atoms with E-state index in [1.54, 1.807) is 37.1 Å². The van der Waals surface area contributed by atoms with Crippen molar-refractivity contribution in [2.75, 3.05) is 25.3 Å². The summed E-state index contributed by atoms with van der Waals surface area (Å²) in [6, 6.07) is 13.1. The summed E-state index contributed by atoms with van der Waals surface area (Å²) in [4.78, 5) is 21.0. The number of aromatic nitrogens is 5. The first kappa shape index (κ1) is 20.6. The summed E-state index contributed by atoms with van der Waals surface area (Å²) < 4.78 is 12.1. The molecule has 0 aliphatic heterocycles. The van der Waals surface area contributed by atoms with E-state index in [1.165, 1.54) is 18.1 Å². The van der Waals surface area contributed by atoms with Gasteiger partial charge in [0.15, 0.2) is 22.7 Å². The number of amides is 1. The van der Waals surface area contributed by atoms with Crippen LogP contribution in [0.2, 0.25) is 0 Å². The van der Waals surface area contributed by atoms with Crippen molar-refractivity contribution in [2.45, 2.75) is 11.9 Å². The minimum absolute atomic E-state index is 0.151. The molecule has 10 heteroatoms. The Bertz CT molecular complexity index is 1230. The van der Waals surface area contributed by atoms with E-state index >= 15 is 0 Å². The third-order valence-electron chi connectivity index (χ3n) is 4.49. The van der Waals surface area contributed by atoms with Crippen molar-refractivity contribution in [2.24, 2.45) is 0 Å². The van der Waals surface area contributed by atoms with Gasteiger partial charge in [0.2, 0.25) is 5.91 Å². The van der Waals surface area contributed by atoms with E-state index in [0.717, 1.165) is 11.3 Å². The molecular formula is C21H20N6O3S. The van der Waals surface area contributed by atoms with Gasteiger partial charge >= 0.3 is 0 Å². The molecule has 0 fully saturated rings.